The summed E-state index contributed by atoms with van der Waals surface area (Å²) >= 11 is 6.00. The molecule has 184 valence electrons. The quantitative estimate of drug-likeness (QED) is 0.483. The van der Waals surface area contributed by atoms with Gasteiger partial charge >= 0.3 is 12.3 Å². The van der Waals surface area contributed by atoms with Gasteiger partial charge in [-0.05, 0) is 44.2 Å². The number of pyridine rings is 1. The number of alkyl halides is 3. The monoisotopic (exact) mass is 511 g/mol. The molecule has 0 saturated heterocycles. The van der Waals surface area contributed by atoms with Gasteiger partial charge in [-0.2, -0.15) is 27.9 Å². The van der Waals surface area contributed by atoms with E-state index in [-0.39, 0.29) is 34.8 Å². The lowest BCUT2D eigenvalue weighted by molar-refractivity contribution is -0.191. The van der Waals surface area contributed by atoms with Gasteiger partial charge in [0.1, 0.15) is 22.8 Å². The fourth-order valence-electron chi connectivity index (χ4n) is 3.19. The van der Waals surface area contributed by atoms with Crippen LogP contribution in [0.2, 0.25) is 5.02 Å². The van der Waals surface area contributed by atoms with Gasteiger partial charge in [0.05, 0.1) is 11.9 Å². The molecule has 0 aliphatic carbocycles. The minimum Gasteiger partial charge on any atom is -0.389 e. The van der Waals surface area contributed by atoms with Gasteiger partial charge in [0.2, 0.25) is 0 Å². The molecule has 2 aromatic heterocycles. The number of anilines is 1. The molecule has 35 heavy (non-hydrogen) atoms. The average Bonchev–Trinajstić information content (AvgIpc) is 3.38. The van der Waals surface area contributed by atoms with Gasteiger partial charge in [-0.3, -0.25) is 0 Å². The number of oxime groups is 1. The van der Waals surface area contributed by atoms with Crippen molar-refractivity contribution in [1.82, 2.24) is 14.8 Å². The van der Waals surface area contributed by atoms with Crippen LogP contribution in [0.15, 0.2) is 47.8 Å². The van der Waals surface area contributed by atoms with E-state index in [2.05, 4.69) is 20.6 Å². The van der Waals surface area contributed by atoms with Crippen molar-refractivity contribution in [3.8, 4) is 5.82 Å². The van der Waals surface area contributed by atoms with E-state index in [4.69, 9.17) is 26.0 Å². The molecule has 4 rings (SSSR count). The summed E-state index contributed by atoms with van der Waals surface area (Å²) in [7, 11) is 0. The SMILES string of the molecule is CC1(C)CC(c2cc(C(F)(F)F)n(-c3ccc(NCc4c(F)cccc4Cl)cn3)n2)=NO1.O=C=O. The van der Waals surface area contributed by atoms with Crippen molar-refractivity contribution in [1.29, 1.82) is 0 Å². The lowest BCUT2D eigenvalue weighted by Gasteiger charge is -2.12. The Labute approximate surface area is 201 Å². The molecule has 3 heterocycles. The molecular weight excluding hydrogens is 494 g/mol. The summed E-state index contributed by atoms with van der Waals surface area (Å²) in [6.07, 6.45) is -2.73. The second kappa shape index (κ2) is 10.2. The van der Waals surface area contributed by atoms with Crippen molar-refractivity contribution in [2.45, 2.75) is 38.6 Å². The lowest BCUT2D eigenvalue weighted by atomic mass is 10.0. The predicted octanol–water partition coefficient (Wildman–Crippen LogP) is 5.01. The van der Waals surface area contributed by atoms with Gasteiger partial charge in [0, 0.05) is 23.6 Å². The van der Waals surface area contributed by atoms with Crippen molar-refractivity contribution >= 4 is 29.2 Å². The highest BCUT2D eigenvalue weighted by molar-refractivity contribution is 6.31. The molecule has 0 amide bonds. The van der Waals surface area contributed by atoms with Gasteiger partial charge in [-0.1, -0.05) is 22.8 Å². The smallest absolute Gasteiger partial charge is 0.389 e. The van der Waals surface area contributed by atoms with E-state index >= 15 is 0 Å². The van der Waals surface area contributed by atoms with Crippen LogP contribution in [-0.2, 0) is 27.1 Å². The highest BCUT2D eigenvalue weighted by atomic mass is 35.5. The summed E-state index contributed by atoms with van der Waals surface area (Å²) in [5, 5.41) is 11.2. The number of nitrogens with one attached hydrogen (secondary N) is 1. The Kier molecular flexibility index (Phi) is 7.57. The molecule has 8 nitrogen and oxygen atoms in total. The first-order chi connectivity index (χ1) is 16.4. The van der Waals surface area contributed by atoms with Crippen LogP contribution in [0.25, 0.3) is 5.82 Å². The number of rotatable bonds is 5. The zero-order valence-corrected chi connectivity index (χ0v) is 19.1. The summed E-state index contributed by atoms with van der Waals surface area (Å²) in [4.78, 5) is 25.6. The average molecular weight is 512 g/mol. The van der Waals surface area contributed by atoms with E-state index in [1.807, 2.05) is 0 Å². The molecule has 1 aromatic carbocycles. The van der Waals surface area contributed by atoms with E-state index in [1.165, 1.54) is 30.5 Å². The number of hydrogen-bond acceptors (Lipinski definition) is 7. The van der Waals surface area contributed by atoms with Crippen molar-refractivity contribution < 1.29 is 32.0 Å². The molecule has 0 radical (unpaired) electrons. The van der Waals surface area contributed by atoms with E-state index in [0.717, 1.165) is 10.7 Å². The number of aromatic nitrogens is 3. The maximum atomic E-state index is 13.9. The van der Waals surface area contributed by atoms with Crippen LogP contribution in [0.4, 0.5) is 23.2 Å². The molecule has 0 atom stereocenters. The van der Waals surface area contributed by atoms with Gasteiger partial charge in [0.25, 0.3) is 0 Å². The molecule has 0 saturated carbocycles. The first-order valence-corrected chi connectivity index (χ1v) is 10.4. The number of carbonyl (C=O) groups excluding carboxylic acids is 2. The molecule has 0 bridgehead atoms. The molecule has 0 unspecified atom stereocenters. The fourth-order valence-corrected chi connectivity index (χ4v) is 3.42. The number of hydrogen-bond donors (Lipinski definition) is 1. The van der Waals surface area contributed by atoms with E-state index in [1.54, 1.807) is 19.9 Å². The first-order valence-electron chi connectivity index (χ1n) is 10.0. The normalized spacial score (nSPS) is 14.3. The number of nitrogens with zero attached hydrogens (tertiary/aromatic N) is 4. The van der Waals surface area contributed by atoms with Gasteiger partial charge in [-0.25, -0.2) is 14.1 Å². The van der Waals surface area contributed by atoms with E-state index in [0.29, 0.717) is 17.8 Å². The topological polar surface area (TPSA) is 98.5 Å². The number of benzene rings is 1. The molecule has 1 aliphatic rings. The van der Waals surface area contributed by atoms with Gasteiger partial charge in [-0.15, -0.1) is 0 Å². The van der Waals surface area contributed by atoms with Gasteiger partial charge < -0.3 is 10.2 Å². The molecule has 0 fully saturated rings. The Balaban J connectivity index is 0.00000108. The van der Waals surface area contributed by atoms with Crippen LogP contribution in [0, 0.1) is 5.82 Å². The van der Waals surface area contributed by atoms with E-state index < -0.39 is 23.3 Å². The Morgan fingerprint density at radius 1 is 1.23 bits per heavy atom. The van der Waals surface area contributed by atoms with Crippen molar-refractivity contribution in [3.63, 3.8) is 0 Å². The standard InChI is InChI=1S/C21H18ClF4N5O.CO2/c1-20(2)9-17(30-32-20)16-8-18(21(24,25)26)31(29-16)19-7-6-12(10-28-19)27-11-13-14(22)4-3-5-15(13)23;2-1-3/h3-8,10,27H,9,11H2,1-2H3;. The maximum absolute atomic E-state index is 13.9. The zero-order valence-electron chi connectivity index (χ0n) is 18.4. The van der Waals surface area contributed by atoms with Gasteiger partial charge in [0.15, 0.2) is 11.5 Å². The van der Waals surface area contributed by atoms with Crippen molar-refractivity contribution in [2.24, 2.45) is 5.16 Å². The van der Waals surface area contributed by atoms with Crippen LogP contribution >= 0.6 is 11.6 Å². The summed E-state index contributed by atoms with van der Waals surface area (Å²) in [5.41, 5.74) is -0.433. The zero-order chi connectivity index (χ0) is 25.8. The summed E-state index contributed by atoms with van der Waals surface area (Å²) in [6, 6.07) is 8.19. The third kappa shape index (κ3) is 6.23. The first kappa shape index (κ1) is 25.9. The summed E-state index contributed by atoms with van der Waals surface area (Å²) < 4.78 is 55.5. The fraction of sp³-hybridized carbons (Fsp3) is 0.273. The van der Waals surface area contributed by atoms with Crippen LogP contribution in [-0.4, -0.2) is 32.2 Å². The predicted molar refractivity (Wildman–Crippen MR) is 116 cm³/mol. The highest BCUT2D eigenvalue weighted by Gasteiger charge is 2.39. The molecule has 13 heteroatoms. The molecule has 1 aliphatic heterocycles. The van der Waals surface area contributed by atoms with Crippen molar-refractivity contribution in [2.75, 3.05) is 5.32 Å². The van der Waals surface area contributed by atoms with Crippen molar-refractivity contribution in [3.05, 3.63) is 70.4 Å². The minimum absolute atomic E-state index is 0.0307. The molecule has 1 N–H and O–H groups in total. The Morgan fingerprint density at radius 3 is 2.49 bits per heavy atom. The Bertz CT molecular complexity index is 1250. The van der Waals surface area contributed by atoms with Crippen LogP contribution in [0.1, 0.15) is 37.2 Å². The number of halogens is 5. The molecule has 3 aromatic rings. The van der Waals surface area contributed by atoms with Crippen LogP contribution < -0.4 is 5.32 Å². The van der Waals surface area contributed by atoms with Crippen LogP contribution in [0.5, 0.6) is 0 Å². The second-order valence-electron chi connectivity index (χ2n) is 7.93. The maximum Gasteiger partial charge on any atom is 0.433 e. The third-order valence-electron chi connectivity index (χ3n) is 4.79. The Morgan fingerprint density at radius 2 is 1.94 bits per heavy atom. The highest BCUT2D eigenvalue weighted by Crippen LogP contribution is 2.33. The minimum atomic E-state index is -4.65. The Hall–Kier alpha value is -3.76. The third-order valence-corrected chi connectivity index (χ3v) is 5.14. The lowest BCUT2D eigenvalue weighted by Crippen LogP contribution is -2.19. The molecular formula is C22H18ClF4N5O3. The summed E-state index contributed by atoms with van der Waals surface area (Å²) in [6.45, 7) is 3.65. The van der Waals surface area contributed by atoms with E-state index in [9.17, 15) is 17.6 Å². The summed E-state index contributed by atoms with van der Waals surface area (Å²) in [5.74, 6) is -0.493. The molecule has 0 spiro atoms. The van der Waals surface area contributed by atoms with Crippen LogP contribution in [0.3, 0.4) is 0 Å². The second-order valence-corrected chi connectivity index (χ2v) is 8.34. The largest absolute Gasteiger partial charge is 0.433 e.